The Kier molecular flexibility index (Phi) is 6.79. The van der Waals surface area contributed by atoms with Crippen molar-refractivity contribution in [2.75, 3.05) is 13.1 Å². The maximum absolute atomic E-state index is 13.3. The van der Waals surface area contributed by atoms with Gasteiger partial charge >= 0.3 is 0 Å². The van der Waals surface area contributed by atoms with E-state index in [1.54, 1.807) is 0 Å². The predicted octanol–water partition coefficient (Wildman–Crippen LogP) is 3.10. The maximum atomic E-state index is 13.3. The summed E-state index contributed by atoms with van der Waals surface area (Å²) in [5.74, 6) is -0.523. The molecule has 1 aliphatic rings. The van der Waals surface area contributed by atoms with E-state index in [0.29, 0.717) is 24.8 Å². The van der Waals surface area contributed by atoms with Crippen molar-refractivity contribution in [2.24, 2.45) is 5.41 Å². The fraction of sp³-hybridized carbons (Fsp3) is 0.423. The molecule has 1 aromatic heterocycles. The summed E-state index contributed by atoms with van der Waals surface area (Å²) in [6.07, 6.45) is 2.42. The SMILES string of the molecule is CC(C)(C)C(NC(=O)c1nn(Cc2ccccc2)c2ccccc12)C(=O)NCCNC1CC1. The van der Waals surface area contributed by atoms with Gasteiger partial charge in [-0.15, -0.1) is 0 Å². The summed E-state index contributed by atoms with van der Waals surface area (Å²) in [5.41, 5.74) is 1.87. The van der Waals surface area contributed by atoms with Crippen LogP contribution in [0.5, 0.6) is 0 Å². The number of rotatable bonds is 9. The second-order valence-corrected chi connectivity index (χ2v) is 9.80. The Hall–Kier alpha value is -3.19. The zero-order chi connectivity index (χ0) is 23.4. The third-order valence-corrected chi connectivity index (χ3v) is 5.89. The van der Waals surface area contributed by atoms with E-state index in [-0.39, 0.29) is 11.8 Å². The molecule has 0 radical (unpaired) electrons. The Morgan fingerprint density at radius 2 is 1.73 bits per heavy atom. The highest BCUT2D eigenvalue weighted by molar-refractivity contribution is 6.06. The van der Waals surface area contributed by atoms with E-state index in [1.807, 2.05) is 80.1 Å². The minimum atomic E-state index is -0.677. The molecule has 1 fully saturated rings. The first-order valence-electron chi connectivity index (χ1n) is 11.6. The van der Waals surface area contributed by atoms with E-state index in [4.69, 9.17) is 0 Å². The third-order valence-electron chi connectivity index (χ3n) is 5.89. The molecule has 174 valence electrons. The van der Waals surface area contributed by atoms with Crippen LogP contribution in [-0.4, -0.2) is 46.8 Å². The van der Waals surface area contributed by atoms with Gasteiger partial charge in [-0.25, -0.2) is 0 Å². The fourth-order valence-electron chi connectivity index (χ4n) is 3.90. The first-order chi connectivity index (χ1) is 15.8. The van der Waals surface area contributed by atoms with Gasteiger partial charge in [0.1, 0.15) is 6.04 Å². The van der Waals surface area contributed by atoms with Gasteiger partial charge in [0, 0.05) is 24.5 Å². The van der Waals surface area contributed by atoms with Gasteiger partial charge < -0.3 is 16.0 Å². The molecule has 3 aromatic rings. The minimum Gasteiger partial charge on any atom is -0.353 e. The summed E-state index contributed by atoms with van der Waals surface area (Å²) in [6.45, 7) is 7.68. The number of nitrogens with zero attached hydrogens (tertiary/aromatic N) is 2. The first kappa shape index (κ1) is 23.0. The Morgan fingerprint density at radius 1 is 1.03 bits per heavy atom. The van der Waals surface area contributed by atoms with Crippen molar-refractivity contribution in [3.8, 4) is 0 Å². The number of benzene rings is 2. The second kappa shape index (κ2) is 9.75. The normalized spacial score (nSPS) is 14.8. The fourth-order valence-corrected chi connectivity index (χ4v) is 3.90. The molecule has 1 heterocycles. The molecule has 1 saturated carbocycles. The van der Waals surface area contributed by atoms with Gasteiger partial charge in [0.25, 0.3) is 5.91 Å². The predicted molar refractivity (Wildman–Crippen MR) is 130 cm³/mol. The molecule has 2 aromatic carbocycles. The molecule has 1 aliphatic carbocycles. The highest BCUT2D eigenvalue weighted by atomic mass is 16.2. The smallest absolute Gasteiger partial charge is 0.273 e. The number of para-hydroxylation sites is 1. The average molecular weight is 448 g/mol. The Labute approximate surface area is 194 Å². The molecule has 0 aliphatic heterocycles. The van der Waals surface area contributed by atoms with Gasteiger partial charge in [0.2, 0.25) is 5.91 Å². The second-order valence-electron chi connectivity index (χ2n) is 9.80. The molecule has 0 saturated heterocycles. The largest absolute Gasteiger partial charge is 0.353 e. The van der Waals surface area contributed by atoms with Crippen LogP contribution in [0.1, 0.15) is 49.7 Å². The summed E-state index contributed by atoms with van der Waals surface area (Å²) in [7, 11) is 0. The highest BCUT2D eigenvalue weighted by Crippen LogP contribution is 2.23. The molecular weight excluding hydrogens is 414 g/mol. The molecular formula is C26H33N5O2. The number of amides is 2. The van der Waals surface area contributed by atoms with Crippen molar-refractivity contribution in [3.63, 3.8) is 0 Å². The number of carbonyl (C=O) groups is 2. The van der Waals surface area contributed by atoms with Crippen LogP contribution in [0, 0.1) is 5.41 Å². The van der Waals surface area contributed by atoms with Gasteiger partial charge in [-0.2, -0.15) is 5.10 Å². The zero-order valence-electron chi connectivity index (χ0n) is 19.6. The van der Waals surface area contributed by atoms with Gasteiger partial charge in [-0.05, 0) is 29.9 Å². The summed E-state index contributed by atoms with van der Waals surface area (Å²) >= 11 is 0. The van der Waals surface area contributed by atoms with Gasteiger partial charge in [0.05, 0.1) is 12.1 Å². The lowest BCUT2D eigenvalue weighted by Gasteiger charge is -2.30. The number of nitrogens with one attached hydrogen (secondary N) is 3. The summed E-state index contributed by atoms with van der Waals surface area (Å²) in [4.78, 5) is 26.3. The van der Waals surface area contributed by atoms with Crippen LogP contribution in [0.2, 0.25) is 0 Å². The number of aromatic nitrogens is 2. The molecule has 7 heteroatoms. The Morgan fingerprint density at radius 3 is 2.42 bits per heavy atom. The molecule has 1 atom stereocenters. The minimum absolute atomic E-state index is 0.179. The number of carbonyl (C=O) groups excluding carboxylic acids is 2. The lowest BCUT2D eigenvalue weighted by Crippen LogP contribution is -2.54. The van der Waals surface area contributed by atoms with Crippen molar-refractivity contribution in [1.29, 1.82) is 0 Å². The summed E-state index contributed by atoms with van der Waals surface area (Å²) in [6, 6.07) is 17.6. The van der Waals surface area contributed by atoms with Crippen molar-refractivity contribution in [1.82, 2.24) is 25.7 Å². The van der Waals surface area contributed by atoms with Crippen LogP contribution in [0.4, 0.5) is 0 Å². The van der Waals surface area contributed by atoms with Crippen molar-refractivity contribution in [3.05, 3.63) is 65.9 Å². The summed E-state index contributed by atoms with van der Waals surface area (Å²) in [5, 5.41) is 14.7. The summed E-state index contributed by atoms with van der Waals surface area (Å²) < 4.78 is 1.84. The van der Waals surface area contributed by atoms with E-state index < -0.39 is 11.5 Å². The molecule has 7 nitrogen and oxygen atoms in total. The van der Waals surface area contributed by atoms with E-state index in [9.17, 15) is 9.59 Å². The molecule has 4 rings (SSSR count). The van der Waals surface area contributed by atoms with Crippen LogP contribution >= 0.6 is 0 Å². The van der Waals surface area contributed by atoms with Crippen LogP contribution in [0.25, 0.3) is 10.9 Å². The molecule has 0 bridgehead atoms. The van der Waals surface area contributed by atoms with Crippen molar-refractivity contribution >= 4 is 22.7 Å². The van der Waals surface area contributed by atoms with Crippen LogP contribution in [0.15, 0.2) is 54.6 Å². The van der Waals surface area contributed by atoms with Crippen molar-refractivity contribution < 1.29 is 9.59 Å². The Bertz CT molecular complexity index is 1110. The van der Waals surface area contributed by atoms with E-state index in [2.05, 4.69) is 21.0 Å². The van der Waals surface area contributed by atoms with Crippen LogP contribution < -0.4 is 16.0 Å². The number of hydrogen-bond acceptors (Lipinski definition) is 4. The topological polar surface area (TPSA) is 88.0 Å². The van der Waals surface area contributed by atoms with Gasteiger partial charge in [-0.1, -0.05) is 69.3 Å². The van der Waals surface area contributed by atoms with E-state index in [0.717, 1.165) is 23.0 Å². The number of hydrogen-bond donors (Lipinski definition) is 3. The monoisotopic (exact) mass is 447 g/mol. The molecule has 33 heavy (non-hydrogen) atoms. The lowest BCUT2D eigenvalue weighted by atomic mass is 9.86. The molecule has 2 amide bonds. The molecule has 1 unspecified atom stereocenters. The van der Waals surface area contributed by atoms with E-state index in [1.165, 1.54) is 12.8 Å². The maximum Gasteiger partial charge on any atom is 0.273 e. The zero-order valence-corrected chi connectivity index (χ0v) is 19.6. The van der Waals surface area contributed by atoms with Gasteiger partial charge in [0.15, 0.2) is 5.69 Å². The third kappa shape index (κ3) is 5.79. The van der Waals surface area contributed by atoms with Gasteiger partial charge in [-0.3, -0.25) is 14.3 Å². The van der Waals surface area contributed by atoms with Crippen molar-refractivity contribution in [2.45, 2.75) is 52.2 Å². The molecule has 0 spiro atoms. The van der Waals surface area contributed by atoms with Crippen LogP contribution in [-0.2, 0) is 11.3 Å². The van der Waals surface area contributed by atoms with E-state index >= 15 is 0 Å². The first-order valence-corrected chi connectivity index (χ1v) is 11.6. The quantitative estimate of drug-likeness (QED) is 0.440. The highest BCUT2D eigenvalue weighted by Gasteiger charge is 2.34. The Balaban J connectivity index is 1.51. The number of fused-ring (bicyclic) bond motifs is 1. The standard InChI is InChI=1S/C26H33N5O2/c1-26(2,3)23(25(33)28-16-15-27-19-13-14-19)29-24(32)22-20-11-7-8-12-21(20)31(30-22)17-18-9-5-4-6-10-18/h4-12,19,23,27H,13-17H2,1-3H3,(H,28,33)(H,29,32). The average Bonchev–Trinajstić information content (AvgIpc) is 3.55. The van der Waals surface area contributed by atoms with Crippen LogP contribution in [0.3, 0.4) is 0 Å². The lowest BCUT2D eigenvalue weighted by molar-refractivity contribution is -0.125. The molecule has 3 N–H and O–H groups in total.